The minimum absolute atomic E-state index is 0.212. The zero-order valence-electron chi connectivity index (χ0n) is 8.97. The van der Waals surface area contributed by atoms with Gasteiger partial charge in [0.2, 0.25) is 0 Å². The summed E-state index contributed by atoms with van der Waals surface area (Å²) in [5.74, 6) is 1.21. The molecule has 1 aliphatic carbocycles. The summed E-state index contributed by atoms with van der Waals surface area (Å²) in [5.41, 5.74) is -0.212. The SMILES string of the molecule is CC(C)(C)C(=O)/C=C/CCC1CC1. The quantitative estimate of drug-likeness (QED) is 0.606. The maximum Gasteiger partial charge on any atom is 0.160 e. The highest BCUT2D eigenvalue weighted by molar-refractivity contribution is 5.93. The van der Waals surface area contributed by atoms with Gasteiger partial charge < -0.3 is 0 Å². The molecule has 0 bridgehead atoms. The van der Waals surface area contributed by atoms with E-state index >= 15 is 0 Å². The molecule has 0 unspecified atom stereocenters. The van der Waals surface area contributed by atoms with Gasteiger partial charge in [0.05, 0.1) is 0 Å². The Kier molecular flexibility index (Phi) is 3.29. The maximum atomic E-state index is 11.4. The summed E-state index contributed by atoms with van der Waals surface area (Å²) in [6, 6.07) is 0. The molecule has 13 heavy (non-hydrogen) atoms. The lowest BCUT2D eigenvalue weighted by Gasteiger charge is -2.12. The van der Waals surface area contributed by atoms with Gasteiger partial charge in [-0.05, 0) is 24.8 Å². The molecular weight excluding hydrogens is 160 g/mol. The van der Waals surface area contributed by atoms with Crippen molar-refractivity contribution in [3.63, 3.8) is 0 Å². The van der Waals surface area contributed by atoms with Crippen LogP contribution in [0, 0.1) is 11.3 Å². The molecule has 0 atom stereocenters. The van der Waals surface area contributed by atoms with Gasteiger partial charge in [0, 0.05) is 5.41 Å². The Morgan fingerprint density at radius 3 is 2.46 bits per heavy atom. The molecule has 0 heterocycles. The van der Waals surface area contributed by atoms with Crippen LogP contribution in [-0.2, 0) is 4.79 Å². The number of hydrogen-bond donors (Lipinski definition) is 0. The van der Waals surface area contributed by atoms with Crippen molar-refractivity contribution < 1.29 is 4.79 Å². The van der Waals surface area contributed by atoms with E-state index in [4.69, 9.17) is 0 Å². The molecule has 0 saturated heterocycles. The Balaban J connectivity index is 2.18. The van der Waals surface area contributed by atoms with E-state index in [1.165, 1.54) is 19.3 Å². The highest BCUT2D eigenvalue weighted by Crippen LogP contribution is 2.33. The zero-order chi connectivity index (χ0) is 9.90. The van der Waals surface area contributed by atoms with Crippen LogP contribution < -0.4 is 0 Å². The number of rotatable bonds is 4. The number of hydrogen-bond acceptors (Lipinski definition) is 1. The Bertz CT molecular complexity index is 204. The lowest BCUT2D eigenvalue weighted by atomic mass is 9.90. The highest BCUT2D eigenvalue weighted by Gasteiger charge is 2.20. The van der Waals surface area contributed by atoms with Crippen molar-refractivity contribution in [1.82, 2.24) is 0 Å². The van der Waals surface area contributed by atoms with Gasteiger partial charge in [-0.25, -0.2) is 0 Å². The van der Waals surface area contributed by atoms with E-state index in [9.17, 15) is 4.79 Å². The van der Waals surface area contributed by atoms with Gasteiger partial charge in [-0.1, -0.05) is 39.7 Å². The normalized spacial score (nSPS) is 18.1. The van der Waals surface area contributed by atoms with E-state index in [2.05, 4.69) is 0 Å². The van der Waals surface area contributed by atoms with Crippen LogP contribution in [0.25, 0.3) is 0 Å². The molecule has 74 valence electrons. The third-order valence-electron chi connectivity index (χ3n) is 2.45. The fourth-order valence-electron chi connectivity index (χ4n) is 1.18. The molecule has 0 aromatic rings. The molecule has 0 amide bonds. The first kappa shape index (κ1) is 10.5. The lowest BCUT2D eigenvalue weighted by Crippen LogP contribution is -2.17. The number of allylic oxidation sites excluding steroid dienone is 2. The Labute approximate surface area is 81.2 Å². The van der Waals surface area contributed by atoms with Gasteiger partial charge in [-0.3, -0.25) is 4.79 Å². The smallest absolute Gasteiger partial charge is 0.160 e. The van der Waals surface area contributed by atoms with Crippen molar-refractivity contribution in [2.45, 2.75) is 46.5 Å². The van der Waals surface area contributed by atoms with E-state index in [1.54, 1.807) is 6.08 Å². The first-order valence-corrected chi connectivity index (χ1v) is 5.21. The van der Waals surface area contributed by atoms with Crippen LogP contribution in [0.3, 0.4) is 0 Å². The van der Waals surface area contributed by atoms with Crippen LogP contribution in [0.2, 0.25) is 0 Å². The summed E-state index contributed by atoms with van der Waals surface area (Å²) in [5, 5.41) is 0. The fourth-order valence-corrected chi connectivity index (χ4v) is 1.18. The van der Waals surface area contributed by atoms with Crippen LogP contribution in [0.4, 0.5) is 0 Å². The summed E-state index contributed by atoms with van der Waals surface area (Å²) in [6.07, 6.45) is 8.94. The second-order valence-corrected chi connectivity index (χ2v) is 5.04. The lowest BCUT2D eigenvalue weighted by molar-refractivity contribution is -0.121. The van der Waals surface area contributed by atoms with Crippen LogP contribution in [0.15, 0.2) is 12.2 Å². The van der Waals surface area contributed by atoms with Crippen molar-refractivity contribution in [1.29, 1.82) is 0 Å². The van der Waals surface area contributed by atoms with Crippen LogP contribution >= 0.6 is 0 Å². The molecule has 0 aromatic heterocycles. The predicted molar refractivity (Wildman–Crippen MR) is 55.6 cm³/mol. The molecule has 0 radical (unpaired) electrons. The van der Waals surface area contributed by atoms with E-state index in [1.807, 2.05) is 26.8 Å². The summed E-state index contributed by atoms with van der Waals surface area (Å²) < 4.78 is 0. The van der Waals surface area contributed by atoms with Crippen LogP contribution in [-0.4, -0.2) is 5.78 Å². The minimum atomic E-state index is -0.212. The van der Waals surface area contributed by atoms with E-state index in [-0.39, 0.29) is 11.2 Å². The van der Waals surface area contributed by atoms with Crippen molar-refractivity contribution >= 4 is 5.78 Å². The van der Waals surface area contributed by atoms with Crippen molar-refractivity contribution in [2.75, 3.05) is 0 Å². The molecule has 0 N–H and O–H groups in total. The number of ketones is 1. The minimum Gasteiger partial charge on any atom is -0.294 e. The monoisotopic (exact) mass is 180 g/mol. The molecule has 0 spiro atoms. The first-order valence-electron chi connectivity index (χ1n) is 5.21. The average molecular weight is 180 g/mol. The second kappa shape index (κ2) is 4.08. The Morgan fingerprint density at radius 2 is 2.00 bits per heavy atom. The molecule has 0 aliphatic heterocycles. The van der Waals surface area contributed by atoms with Crippen LogP contribution in [0.1, 0.15) is 46.5 Å². The zero-order valence-corrected chi connectivity index (χ0v) is 8.97. The van der Waals surface area contributed by atoms with E-state index in [0.29, 0.717) is 0 Å². The topological polar surface area (TPSA) is 17.1 Å². The van der Waals surface area contributed by atoms with E-state index in [0.717, 1.165) is 12.3 Å². The fraction of sp³-hybridized carbons (Fsp3) is 0.750. The molecule has 1 saturated carbocycles. The number of carbonyl (C=O) groups is 1. The van der Waals surface area contributed by atoms with Gasteiger partial charge in [0.15, 0.2) is 5.78 Å². The van der Waals surface area contributed by atoms with Gasteiger partial charge >= 0.3 is 0 Å². The summed E-state index contributed by atoms with van der Waals surface area (Å²) >= 11 is 0. The van der Waals surface area contributed by atoms with Crippen molar-refractivity contribution in [2.24, 2.45) is 11.3 Å². The van der Waals surface area contributed by atoms with Crippen molar-refractivity contribution in [3.8, 4) is 0 Å². The van der Waals surface area contributed by atoms with Gasteiger partial charge in [-0.15, -0.1) is 0 Å². The molecule has 0 aromatic carbocycles. The Morgan fingerprint density at radius 1 is 1.38 bits per heavy atom. The first-order chi connectivity index (χ1) is 6.00. The maximum absolute atomic E-state index is 11.4. The molecule has 1 fully saturated rings. The molecule has 1 rings (SSSR count). The highest BCUT2D eigenvalue weighted by atomic mass is 16.1. The van der Waals surface area contributed by atoms with Gasteiger partial charge in [0.25, 0.3) is 0 Å². The molecule has 1 aliphatic rings. The predicted octanol–water partition coefficient (Wildman–Crippen LogP) is 3.35. The summed E-state index contributed by atoms with van der Waals surface area (Å²) in [6.45, 7) is 5.88. The largest absolute Gasteiger partial charge is 0.294 e. The standard InChI is InChI=1S/C12H20O/c1-12(2,3)11(13)7-5-4-6-10-8-9-10/h5,7,10H,4,6,8-9H2,1-3H3/b7-5+. The van der Waals surface area contributed by atoms with Gasteiger partial charge in [-0.2, -0.15) is 0 Å². The number of carbonyl (C=O) groups excluding carboxylic acids is 1. The van der Waals surface area contributed by atoms with Crippen LogP contribution in [0.5, 0.6) is 0 Å². The average Bonchev–Trinajstić information content (AvgIpc) is 2.79. The Hall–Kier alpha value is -0.590. The molecular formula is C12H20O. The van der Waals surface area contributed by atoms with Crippen molar-refractivity contribution in [3.05, 3.63) is 12.2 Å². The molecule has 1 heteroatoms. The third-order valence-corrected chi connectivity index (χ3v) is 2.45. The summed E-state index contributed by atoms with van der Waals surface area (Å²) in [7, 11) is 0. The second-order valence-electron chi connectivity index (χ2n) is 5.04. The van der Waals surface area contributed by atoms with Gasteiger partial charge in [0.1, 0.15) is 0 Å². The van der Waals surface area contributed by atoms with E-state index < -0.39 is 0 Å². The molecule has 1 nitrogen and oxygen atoms in total. The third kappa shape index (κ3) is 4.25. The summed E-state index contributed by atoms with van der Waals surface area (Å²) in [4.78, 5) is 11.4.